The van der Waals surface area contributed by atoms with E-state index in [1.165, 1.54) is 56.9 Å². The summed E-state index contributed by atoms with van der Waals surface area (Å²) in [4.78, 5) is 22.8. The summed E-state index contributed by atoms with van der Waals surface area (Å²) >= 11 is 0. The summed E-state index contributed by atoms with van der Waals surface area (Å²) in [7, 11) is 0. The van der Waals surface area contributed by atoms with Crippen LogP contribution < -0.4 is 0 Å². The van der Waals surface area contributed by atoms with Crippen LogP contribution in [0.15, 0.2) is 11.6 Å². The molecule has 0 aromatic heterocycles. The highest BCUT2D eigenvalue weighted by molar-refractivity contribution is 5.72. The molecule has 3 rings (SSSR count). The van der Waals surface area contributed by atoms with E-state index < -0.39 is 18.5 Å². The first-order valence-electron chi connectivity index (χ1n) is 15.1. The minimum atomic E-state index is -1.08. The number of rotatable bonds is 12. The fourth-order valence-corrected chi connectivity index (χ4v) is 8.15. The van der Waals surface area contributed by atoms with Crippen LogP contribution in [-0.4, -0.2) is 36.4 Å². The summed E-state index contributed by atoms with van der Waals surface area (Å²) in [6.07, 6.45) is 17.2. The predicted molar refractivity (Wildman–Crippen MR) is 148 cm³/mol. The van der Waals surface area contributed by atoms with Crippen molar-refractivity contribution in [3.63, 3.8) is 0 Å². The van der Waals surface area contributed by atoms with E-state index in [0.717, 1.165) is 55.3 Å². The molecule has 3 aliphatic rings. The zero-order chi connectivity index (χ0) is 27.2. The lowest BCUT2D eigenvalue weighted by molar-refractivity contribution is -0.158. The highest BCUT2D eigenvalue weighted by atomic mass is 16.6. The Morgan fingerprint density at radius 2 is 1.78 bits per heavy atom. The summed E-state index contributed by atoms with van der Waals surface area (Å²) in [5.41, 5.74) is 2.05. The van der Waals surface area contributed by atoms with Crippen molar-refractivity contribution in [2.24, 2.45) is 40.4 Å². The summed E-state index contributed by atoms with van der Waals surface area (Å²) in [5.74, 6) is 2.57. The first-order valence-corrected chi connectivity index (χ1v) is 15.1. The molecule has 0 saturated heterocycles. The molecule has 0 heterocycles. The second-order valence-electron chi connectivity index (χ2n) is 13.8. The third-order valence-corrected chi connectivity index (χ3v) is 10.3. The molecule has 0 spiro atoms. The molecule has 5 nitrogen and oxygen atoms in total. The second-order valence-corrected chi connectivity index (χ2v) is 13.8. The van der Waals surface area contributed by atoms with Crippen molar-refractivity contribution in [1.82, 2.24) is 0 Å². The zero-order valence-electron chi connectivity index (χ0n) is 24.5. The molecular weight excluding hydrogens is 464 g/mol. The summed E-state index contributed by atoms with van der Waals surface area (Å²) in [6.45, 7) is 13.7. The third kappa shape index (κ3) is 8.07. The van der Waals surface area contributed by atoms with Gasteiger partial charge < -0.3 is 14.6 Å². The molecule has 0 amide bonds. The lowest BCUT2D eigenvalue weighted by Crippen LogP contribution is -2.39. The van der Waals surface area contributed by atoms with E-state index >= 15 is 0 Å². The van der Waals surface area contributed by atoms with E-state index in [0.29, 0.717) is 5.41 Å². The molecular formula is C32H54O5. The Labute approximate surface area is 226 Å². The first-order chi connectivity index (χ1) is 17.4. The average Bonchev–Trinajstić information content (AvgIpc) is 3.16. The van der Waals surface area contributed by atoms with E-state index in [1.54, 1.807) is 0 Å². The monoisotopic (exact) mass is 518 g/mol. The number of allylic oxidation sites excluding steroid dienone is 1. The van der Waals surface area contributed by atoms with Gasteiger partial charge >= 0.3 is 11.9 Å². The van der Waals surface area contributed by atoms with Gasteiger partial charge in [-0.2, -0.15) is 0 Å². The third-order valence-electron chi connectivity index (χ3n) is 10.3. The van der Waals surface area contributed by atoms with Gasteiger partial charge in [0.1, 0.15) is 19.3 Å². The number of carboxylic acid groups (broad SMARTS) is 1. The molecule has 5 heteroatoms. The molecule has 0 unspecified atom stereocenters. The van der Waals surface area contributed by atoms with Crippen molar-refractivity contribution < 1.29 is 24.2 Å². The highest BCUT2D eigenvalue weighted by Crippen LogP contribution is 2.60. The molecule has 0 aromatic carbocycles. The van der Waals surface area contributed by atoms with Crippen molar-refractivity contribution in [2.45, 2.75) is 125 Å². The van der Waals surface area contributed by atoms with Crippen LogP contribution in [0.5, 0.6) is 0 Å². The van der Waals surface area contributed by atoms with Gasteiger partial charge in [-0.05, 0) is 85.4 Å². The molecule has 3 fully saturated rings. The van der Waals surface area contributed by atoms with Gasteiger partial charge in [-0.15, -0.1) is 0 Å². The van der Waals surface area contributed by atoms with E-state index in [9.17, 15) is 9.59 Å². The fourth-order valence-electron chi connectivity index (χ4n) is 8.15. The predicted octanol–water partition coefficient (Wildman–Crippen LogP) is 7.82. The van der Waals surface area contributed by atoms with Crippen molar-refractivity contribution in [2.75, 3.05) is 13.2 Å². The summed E-state index contributed by atoms with van der Waals surface area (Å²) < 4.78 is 10.6. The van der Waals surface area contributed by atoms with E-state index in [4.69, 9.17) is 14.6 Å². The van der Waals surface area contributed by atoms with Crippen LogP contribution in [0.25, 0.3) is 0 Å². The number of ether oxygens (including phenoxy) is 2. The van der Waals surface area contributed by atoms with Gasteiger partial charge in [0, 0.05) is 6.42 Å². The molecule has 212 valence electrons. The van der Waals surface area contributed by atoms with Crippen LogP contribution in [0, 0.1) is 40.4 Å². The maximum absolute atomic E-state index is 12.2. The Bertz CT molecular complexity index is 799. The second kappa shape index (κ2) is 13.1. The minimum Gasteiger partial charge on any atom is -0.480 e. The largest absolute Gasteiger partial charge is 0.480 e. The average molecular weight is 519 g/mol. The van der Waals surface area contributed by atoms with Gasteiger partial charge in [0.2, 0.25) is 0 Å². The Kier molecular flexibility index (Phi) is 10.7. The fraction of sp³-hybridized carbons (Fsp3) is 0.875. The number of hydrogen-bond acceptors (Lipinski definition) is 4. The molecule has 0 bridgehead atoms. The molecule has 0 radical (unpaired) electrons. The number of carbonyl (C=O) groups excluding carboxylic acids is 1. The first kappa shape index (κ1) is 30.2. The number of aliphatic carboxylic acids is 1. The minimum absolute atomic E-state index is 0.129. The van der Waals surface area contributed by atoms with E-state index in [-0.39, 0.29) is 18.1 Å². The van der Waals surface area contributed by atoms with Crippen LogP contribution in [0.3, 0.4) is 0 Å². The quantitative estimate of drug-likeness (QED) is 0.211. The Morgan fingerprint density at radius 3 is 2.49 bits per heavy atom. The lowest BCUT2D eigenvalue weighted by Gasteiger charge is -2.47. The molecule has 3 saturated carbocycles. The topological polar surface area (TPSA) is 72.8 Å². The van der Waals surface area contributed by atoms with Crippen LogP contribution >= 0.6 is 0 Å². The molecule has 6 atom stereocenters. The van der Waals surface area contributed by atoms with Gasteiger partial charge in [-0.3, -0.25) is 0 Å². The number of hydrogen-bond donors (Lipinski definition) is 1. The Morgan fingerprint density at radius 1 is 1.03 bits per heavy atom. The van der Waals surface area contributed by atoms with Gasteiger partial charge in [0.25, 0.3) is 0 Å². The van der Waals surface area contributed by atoms with Crippen LogP contribution in [0.1, 0.15) is 119 Å². The van der Waals surface area contributed by atoms with Crippen molar-refractivity contribution in [1.29, 1.82) is 0 Å². The summed E-state index contributed by atoms with van der Waals surface area (Å²) in [6, 6.07) is 0. The van der Waals surface area contributed by atoms with E-state index in [1.807, 2.05) is 0 Å². The van der Waals surface area contributed by atoms with Gasteiger partial charge in [-0.1, -0.05) is 78.9 Å². The SMILES string of the molecule is CC(C)CCC[C@@H](C)[C@H]1CC[C@H]2[C@H](C/C=C3/C[C@@H](OC(=O)COCC(=O)O)CCC3(C)C)CCC[C@]12C. The smallest absolute Gasteiger partial charge is 0.332 e. The number of esters is 1. The maximum atomic E-state index is 12.2. The van der Waals surface area contributed by atoms with E-state index in [2.05, 4.69) is 47.6 Å². The number of carboxylic acids is 1. The van der Waals surface area contributed by atoms with Gasteiger partial charge in [0.05, 0.1) is 0 Å². The van der Waals surface area contributed by atoms with Gasteiger partial charge in [-0.25, -0.2) is 9.59 Å². The van der Waals surface area contributed by atoms with Crippen LogP contribution in [0.4, 0.5) is 0 Å². The Hall–Kier alpha value is -1.36. The maximum Gasteiger partial charge on any atom is 0.332 e. The Balaban J connectivity index is 1.59. The van der Waals surface area contributed by atoms with Crippen LogP contribution in [-0.2, 0) is 19.1 Å². The van der Waals surface area contributed by atoms with Crippen molar-refractivity contribution in [3.8, 4) is 0 Å². The van der Waals surface area contributed by atoms with Crippen molar-refractivity contribution >= 4 is 11.9 Å². The number of carbonyl (C=O) groups is 2. The standard InChI is InChI=1S/C32H54O5/c1-22(2)9-7-10-23(3)27-14-15-28-24(11-8-17-32(27,28)6)12-13-25-19-26(16-18-31(25,4)5)37-30(35)21-36-20-29(33)34/h13,22-24,26-28H,7-12,14-21H2,1-6H3,(H,33,34)/b25-13-/t23-,24+,26+,27-,28+,32-/m1/s1. The molecule has 37 heavy (non-hydrogen) atoms. The molecule has 0 aromatic rings. The summed E-state index contributed by atoms with van der Waals surface area (Å²) in [5, 5.41) is 8.69. The number of fused-ring (bicyclic) bond motifs is 1. The van der Waals surface area contributed by atoms with Crippen molar-refractivity contribution in [3.05, 3.63) is 11.6 Å². The zero-order valence-corrected chi connectivity index (χ0v) is 24.5. The lowest BCUT2D eigenvalue weighted by atomic mass is 9.58. The normalized spacial score (nSPS) is 33.3. The van der Waals surface area contributed by atoms with Gasteiger partial charge in [0.15, 0.2) is 0 Å². The van der Waals surface area contributed by atoms with Crippen LogP contribution in [0.2, 0.25) is 0 Å². The highest BCUT2D eigenvalue weighted by Gasteiger charge is 2.52. The molecule has 3 aliphatic carbocycles. The molecule has 0 aliphatic heterocycles. The molecule has 1 N–H and O–H groups in total.